The van der Waals surface area contributed by atoms with Gasteiger partial charge in [0.1, 0.15) is 0 Å². The van der Waals surface area contributed by atoms with E-state index >= 15 is 0 Å². The molecule has 132 valence electrons. The van der Waals surface area contributed by atoms with E-state index in [-0.39, 0.29) is 6.10 Å². The third-order valence-electron chi connectivity index (χ3n) is 3.95. The summed E-state index contributed by atoms with van der Waals surface area (Å²) in [5.41, 5.74) is 1.28. The molecule has 0 aliphatic rings. The highest BCUT2D eigenvalue weighted by atomic mass is 28.4. The third-order valence-corrected chi connectivity index (χ3v) is 6.82. The van der Waals surface area contributed by atoms with Gasteiger partial charge in [-0.15, -0.1) is 0 Å². The van der Waals surface area contributed by atoms with E-state index in [2.05, 4.69) is 43.4 Å². The smallest absolute Gasteiger partial charge is 0.377 e. The molecule has 5 heteroatoms. The van der Waals surface area contributed by atoms with E-state index in [9.17, 15) is 0 Å². The molecule has 0 heterocycles. The number of hydrogen-bond acceptors (Lipinski definition) is 4. The summed E-state index contributed by atoms with van der Waals surface area (Å²) in [6, 6.07) is 11.2. The van der Waals surface area contributed by atoms with E-state index in [4.69, 9.17) is 13.3 Å². The maximum absolute atomic E-state index is 6.20. The van der Waals surface area contributed by atoms with Gasteiger partial charge in [0.05, 0.1) is 6.10 Å². The lowest BCUT2D eigenvalue weighted by atomic mass is 10.2. The van der Waals surface area contributed by atoms with Crippen LogP contribution in [-0.4, -0.2) is 42.2 Å². The van der Waals surface area contributed by atoms with Crippen LogP contribution in [0, 0.1) is 0 Å². The first-order valence-corrected chi connectivity index (χ1v) is 10.6. The highest BCUT2D eigenvalue weighted by Crippen LogP contribution is 2.19. The van der Waals surface area contributed by atoms with E-state index in [1.807, 2.05) is 6.07 Å². The SMILES string of the molecule is CCCCCNCC(C)O[Si](CCc1ccccc1)(OC)OC. The number of unbranched alkanes of at least 4 members (excludes halogenated alkanes) is 2. The zero-order chi connectivity index (χ0) is 17.0. The Bertz CT molecular complexity index is 399. The highest BCUT2D eigenvalue weighted by molar-refractivity contribution is 6.60. The summed E-state index contributed by atoms with van der Waals surface area (Å²) in [6.07, 6.45) is 4.73. The molecule has 0 aromatic heterocycles. The van der Waals surface area contributed by atoms with Crippen LogP contribution in [0.15, 0.2) is 30.3 Å². The molecule has 1 aromatic rings. The van der Waals surface area contributed by atoms with E-state index in [1.54, 1.807) is 14.2 Å². The van der Waals surface area contributed by atoms with Crippen molar-refractivity contribution < 1.29 is 13.3 Å². The molecule has 0 amide bonds. The predicted molar refractivity (Wildman–Crippen MR) is 97.7 cm³/mol. The van der Waals surface area contributed by atoms with Gasteiger partial charge in [-0.05, 0) is 31.9 Å². The van der Waals surface area contributed by atoms with Gasteiger partial charge in [0, 0.05) is 26.8 Å². The van der Waals surface area contributed by atoms with Crippen LogP contribution in [0.4, 0.5) is 0 Å². The molecule has 4 nitrogen and oxygen atoms in total. The van der Waals surface area contributed by atoms with Crippen molar-refractivity contribution in [2.24, 2.45) is 0 Å². The van der Waals surface area contributed by atoms with Gasteiger partial charge < -0.3 is 18.6 Å². The molecule has 0 bridgehead atoms. The van der Waals surface area contributed by atoms with Crippen molar-refractivity contribution in [3.05, 3.63) is 35.9 Å². The molecule has 1 atom stereocenters. The summed E-state index contributed by atoms with van der Waals surface area (Å²) in [7, 11) is 0.788. The Morgan fingerprint density at radius 2 is 1.78 bits per heavy atom. The van der Waals surface area contributed by atoms with Gasteiger partial charge in [-0.2, -0.15) is 0 Å². The second-order valence-corrected chi connectivity index (χ2v) is 8.83. The molecule has 23 heavy (non-hydrogen) atoms. The quantitative estimate of drug-likeness (QED) is 0.440. The Hall–Kier alpha value is -0.723. The predicted octanol–water partition coefficient (Wildman–Crippen LogP) is 3.65. The van der Waals surface area contributed by atoms with Crippen molar-refractivity contribution in [3.63, 3.8) is 0 Å². The average Bonchev–Trinajstić information content (AvgIpc) is 2.59. The van der Waals surface area contributed by atoms with Crippen LogP contribution in [0.2, 0.25) is 6.04 Å². The minimum atomic E-state index is -2.60. The summed E-state index contributed by atoms with van der Waals surface area (Å²) in [4.78, 5) is 0. The van der Waals surface area contributed by atoms with E-state index in [0.29, 0.717) is 0 Å². The van der Waals surface area contributed by atoms with Gasteiger partial charge in [0.2, 0.25) is 0 Å². The summed E-state index contributed by atoms with van der Waals surface area (Å²) in [6.45, 7) is 6.17. The Kier molecular flexibility index (Phi) is 10.4. The first-order chi connectivity index (χ1) is 11.2. The van der Waals surface area contributed by atoms with Crippen molar-refractivity contribution in [2.45, 2.75) is 51.7 Å². The second kappa shape index (κ2) is 11.8. The topological polar surface area (TPSA) is 39.7 Å². The van der Waals surface area contributed by atoms with Gasteiger partial charge in [0.25, 0.3) is 0 Å². The van der Waals surface area contributed by atoms with Crippen LogP contribution in [0.1, 0.15) is 38.7 Å². The highest BCUT2D eigenvalue weighted by Gasteiger charge is 2.40. The summed E-state index contributed by atoms with van der Waals surface area (Å²) in [5, 5.41) is 3.45. The third kappa shape index (κ3) is 8.08. The van der Waals surface area contributed by atoms with E-state index in [1.165, 1.54) is 24.8 Å². The first-order valence-electron chi connectivity index (χ1n) is 8.68. The number of rotatable bonds is 13. The molecule has 1 unspecified atom stereocenters. The number of aryl methyl sites for hydroxylation is 1. The Morgan fingerprint density at radius 1 is 1.09 bits per heavy atom. The Morgan fingerprint density at radius 3 is 2.39 bits per heavy atom. The fraction of sp³-hybridized carbons (Fsp3) is 0.667. The molecular weight excluding hydrogens is 306 g/mol. The van der Waals surface area contributed by atoms with Crippen molar-refractivity contribution in [3.8, 4) is 0 Å². The normalized spacial score (nSPS) is 13.2. The lowest BCUT2D eigenvalue weighted by Gasteiger charge is -2.30. The van der Waals surface area contributed by atoms with Crippen LogP contribution < -0.4 is 5.32 Å². The van der Waals surface area contributed by atoms with Crippen molar-refractivity contribution in [1.82, 2.24) is 5.32 Å². The van der Waals surface area contributed by atoms with Crippen LogP contribution in [0.25, 0.3) is 0 Å². The Labute approximate surface area is 142 Å². The zero-order valence-corrected chi connectivity index (χ0v) is 16.1. The summed E-state index contributed by atoms with van der Waals surface area (Å²) >= 11 is 0. The van der Waals surface area contributed by atoms with Gasteiger partial charge >= 0.3 is 8.80 Å². The zero-order valence-electron chi connectivity index (χ0n) is 15.1. The monoisotopic (exact) mass is 339 g/mol. The van der Waals surface area contributed by atoms with Crippen molar-refractivity contribution in [1.29, 1.82) is 0 Å². The number of hydrogen-bond donors (Lipinski definition) is 1. The minimum absolute atomic E-state index is 0.0824. The molecule has 0 radical (unpaired) electrons. The first kappa shape index (κ1) is 20.3. The van der Waals surface area contributed by atoms with Crippen molar-refractivity contribution >= 4 is 8.80 Å². The molecule has 1 rings (SSSR count). The molecular formula is C18H33NO3Si. The fourth-order valence-electron chi connectivity index (χ4n) is 2.54. The average molecular weight is 340 g/mol. The van der Waals surface area contributed by atoms with Crippen molar-refractivity contribution in [2.75, 3.05) is 27.3 Å². The number of nitrogens with one attached hydrogen (secondary N) is 1. The van der Waals surface area contributed by atoms with Gasteiger partial charge in [-0.1, -0.05) is 50.1 Å². The molecule has 1 aromatic carbocycles. The molecule has 0 saturated heterocycles. The van der Waals surface area contributed by atoms with Gasteiger partial charge in [-0.3, -0.25) is 0 Å². The molecule has 0 saturated carbocycles. The van der Waals surface area contributed by atoms with Crippen LogP contribution in [0.3, 0.4) is 0 Å². The largest absolute Gasteiger partial charge is 0.501 e. The van der Waals surface area contributed by atoms with Crippen LogP contribution >= 0.6 is 0 Å². The number of benzene rings is 1. The second-order valence-electron chi connectivity index (χ2n) is 5.92. The lowest BCUT2D eigenvalue weighted by molar-refractivity contribution is 0.0626. The summed E-state index contributed by atoms with van der Waals surface area (Å²) in [5.74, 6) is 0. The molecule has 0 spiro atoms. The standard InChI is InChI=1S/C18H33NO3Si/c1-5-6-10-14-19-16-17(2)22-23(20-3,21-4)15-13-18-11-8-7-9-12-18/h7-9,11-12,17,19H,5-6,10,13-16H2,1-4H3. The maximum Gasteiger partial charge on any atom is 0.501 e. The lowest BCUT2D eigenvalue weighted by Crippen LogP contribution is -2.48. The summed E-state index contributed by atoms with van der Waals surface area (Å²) < 4.78 is 17.6. The van der Waals surface area contributed by atoms with Crippen LogP contribution in [-0.2, 0) is 19.7 Å². The fourth-order valence-corrected chi connectivity index (χ4v) is 4.71. The maximum atomic E-state index is 6.20. The minimum Gasteiger partial charge on any atom is -0.377 e. The molecule has 0 aliphatic carbocycles. The molecule has 0 fully saturated rings. The van der Waals surface area contributed by atoms with Gasteiger partial charge in [-0.25, -0.2) is 0 Å². The Balaban J connectivity index is 2.42. The molecule has 1 N–H and O–H groups in total. The van der Waals surface area contributed by atoms with Crippen LogP contribution in [0.5, 0.6) is 0 Å². The van der Waals surface area contributed by atoms with E-state index < -0.39 is 8.80 Å². The molecule has 0 aliphatic heterocycles. The van der Waals surface area contributed by atoms with E-state index in [0.717, 1.165) is 25.6 Å². The van der Waals surface area contributed by atoms with Gasteiger partial charge in [0.15, 0.2) is 0 Å².